The van der Waals surface area contributed by atoms with Crippen molar-refractivity contribution in [3.05, 3.63) is 0 Å². The number of hydrogen-bond acceptors (Lipinski definition) is 2. The minimum Gasteiger partial charge on any atom is -0.481 e. The Bertz CT molecular complexity index is 286. The molecule has 0 aromatic carbocycles. The van der Waals surface area contributed by atoms with Crippen LogP contribution in [-0.2, 0) is 4.79 Å². The second-order valence-corrected chi connectivity index (χ2v) is 5.15. The second-order valence-electron chi connectivity index (χ2n) is 5.15. The quantitative estimate of drug-likeness (QED) is 0.611. The van der Waals surface area contributed by atoms with E-state index in [1.165, 1.54) is 0 Å². The Kier molecular flexibility index (Phi) is 5.95. The van der Waals surface area contributed by atoms with Crippen molar-refractivity contribution in [1.29, 1.82) is 0 Å². The fourth-order valence-corrected chi connectivity index (χ4v) is 2.55. The zero-order chi connectivity index (χ0) is 13.4. The lowest BCUT2D eigenvalue weighted by molar-refractivity contribution is -0.138. The maximum atomic E-state index is 11.7. The highest BCUT2D eigenvalue weighted by Gasteiger charge is 2.37. The minimum atomic E-state index is -0.844. The molecule has 1 rings (SSSR count). The van der Waals surface area contributed by atoms with Crippen LogP contribution in [0.4, 0.5) is 4.79 Å². The fraction of sp³-hybridized carbons (Fsp3) is 0.846. The molecule has 0 aromatic heterocycles. The summed E-state index contributed by atoms with van der Waals surface area (Å²) in [6, 6.07) is -0.228. The van der Waals surface area contributed by atoms with Crippen LogP contribution in [-0.4, -0.2) is 29.2 Å². The molecule has 0 aromatic rings. The molecular weight excluding hydrogens is 232 g/mol. The summed E-state index contributed by atoms with van der Waals surface area (Å²) in [5.74, 6) is -0.844. The average molecular weight is 256 g/mol. The zero-order valence-electron chi connectivity index (χ0n) is 11.1. The van der Waals surface area contributed by atoms with E-state index >= 15 is 0 Å². The molecule has 3 N–H and O–H groups in total. The topological polar surface area (TPSA) is 78.4 Å². The third-order valence-electron chi connectivity index (χ3n) is 3.49. The maximum Gasteiger partial charge on any atom is 0.315 e. The molecule has 5 nitrogen and oxygen atoms in total. The summed E-state index contributed by atoms with van der Waals surface area (Å²) in [6.07, 6.45) is 6.72. The third-order valence-corrected chi connectivity index (χ3v) is 3.49. The Labute approximate surface area is 108 Å². The summed E-state index contributed by atoms with van der Waals surface area (Å²) >= 11 is 0. The predicted molar refractivity (Wildman–Crippen MR) is 69.5 cm³/mol. The monoisotopic (exact) mass is 256 g/mol. The van der Waals surface area contributed by atoms with Crippen molar-refractivity contribution in [2.45, 2.75) is 63.8 Å². The lowest BCUT2D eigenvalue weighted by Gasteiger charge is -2.28. The molecule has 1 aliphatic carbocycles. The van der Waals surface area contributed by atoms with Gasteiger partial charge in [0, 0.05) is 6.54 Å². The van der Waals surface area contributed by atoms with E-state index in [0.29, 0.717) is 6.54 Å². The first-order chi connectivity index (χ1) is 8.58. The SMILES string of the molecule is CCCCCNC(=O)NC1(CC(=O)O)CCCC1. The van der Waals surface area contributed by atoms with Crippen LogP contribution in [0.3, 0.4) is 0 Å². The van der Waals surface area contributed by atoms with Gasteiger partial charge in [0.05, 0.1) is 12.0 Å². The zero-order valence-corrected chi connectivity index (χ0v) is 11.1. The van der Waals surface area contributed by atoms with Gasteiger partial charge in [-0.3, -0.25) is 4.79 Å². The van der Waals surface area contributed by atoms with Gasteiger partial charge in [0.1, 0.15) is 0 Å². The Hall–Kier alpha value is -1.26. The molecule has 0 radical (unpaired) electrons. The van der Waals surface area contributed by atoms with Crippen molar-refractivity contribution in [3.8, 4) is 0 Å². The smallest absolute Gasteiger partial charge is 0.315 e. The molecule has 2 amide bonds. The van der Waals surface area contributed by atoms with Crippen molar-refractivity contribution >= 4 is 12.0 Å². The van der Waals surface area contributed by atoms with E-state index in [1.54, 1.807) is 0 Å². The second kappa shape index (κ2) is 7.24. The molecular formula is C13H24N2O3. The number of urea groups is 1. The number of unbranched alkanes of at least 4 members (excludes halogenated alkanes) is 2. The number of carboxylic acids is 1. The standard InChI is InChI=1S/C13H24N2O3/c1-2-3-6-9-14-12(18)15-13(10-11(16)17)7-4-5-8-13/h2-10H2,1H3,(H,16,17)(H2,14,15,18). The Morgan fingerprint density at radius 2 is 1.89 bits per heavy atom. The number of carboxylic acid groups (broad SMARTS) is 1. The normalized spacial score (nSPS) is 17.4. The summed E-state index contributed by atoms with van der Waals surface area (Å²) in [5, 5.41) is 14.6. The number of rotatable bonds is 7. The molecule has 0 spiro atoms. The van der Waals surface area contributed by atoms with E-state index in [0.717, 1.165) is 44.9 Å². The molecule has 0 saturated heterocycles. The van der Waals surface area contributed by atoms with Crippen LogP contribution in [0.2, 0.25) is 0 Å². The van der Waals surface area contributed by atoms with Crippen LogP contribution in [0.1, 0.15) is 58.3 Å². The van der Waals surface area contributed by atoms with Gasteiger partial charge in [-0.1, -0.05) is 32.6 Å². The molecule has 0 heterocycles. The summed E-state index contributed by atoms with van der Waals surface area (Å²) < 4.78 is 0. The van der Waals surface area contributed by atoms with Crippen molar-refractivity contribution in [2.24, 2.45) is 0 Å². The summed E-state index contributed by atoms with van der Waals surface area (Å²) in [5.41, 5.74) is -0.527. The highest BCUT2D eigenvalue weighted by Crippen LogP contribution is 2.32. The van der Waals surface area contributed by atoms with E-state index in [2.05, 4.69) is 17.6 Å². The van der Waals surface area contributed by atoms with Crippen LogP contribution >= 0.6 is 0 Å². The maximum absolute atomic E-state index is 11.7. The van der Waals surface area contributed by atoms with Crippen LogP contribution in [0.5, 0.6) is 0 Å². The van der Waals surface area contributed by atoms with Crippen LogP contribution in [0.25, 0.3) is 0 Å². The molecule has 1 aliphatic rings. The first-order valence-electron chi connectivity index (χ1n) is 6.86. The molecule has 0 bridgehead atoms. The van der Waals surface area contributed by atoms with E-state index < -0.39 is 11.5 Å². The Balaban J connectivity index is 2.36. The average Bonchev–Trinajstić information content (AvgIpc) is 2.71. The van der Waals surface area contributed by atoms with Crippen molar-refractivity contribution in [3.63, 3.8) is 0 Å². The Morgan fingerprint density at radius 3 is 2.44 bits per heavy atom. The van der Waals surface area contributed by atoms with E-state index in [4.69, 9.17) is 5.11 Å². The van der Waals surface area contributed by atoms with E-state index in [1.807, 2.05) is 0 Å². The van der Waals surface area contributed by atoms with Gasteiger partial charge in [0.15, 0.2) is 0 Å². The van der Waals surface area contributed by atoms with Gasteiger partial charge in [0.2, 0.25) is 0 Å². The van der Waals surface area contributed by atoms with Crippen molar-refractivity contribution < 1.29 is 14.7 Å². The lowest BCUT2D eigenvalue weighted by Crippen LogP contribution is -2.51. The number of hydrogen-bond donors (Lipinski definition) is 3. The fourth-order valence-electron chi connectivity index (χ4n) is 2.55. The molecule has 5 heteroatoms. The first kappa shape index (κ1) is 14.8. The van der Waals surface area contributed by atoms with Gasteiger partial charge in [0.25, 0.3) is 0 Å². The summed E-state index contributed by atoms with van der Waals surface area (Å²) in [4.78, 5) is 22.6. The molecule has 104 valence electrons. The molecule has 18 heavy (non-hydrogen) atoms. The van der Waals surface area contributed by atoms with E-state index in [-0.39, 0.29) is 12.5 Å². The molecule has 0 unspecified atom stereocenters. The van der Waals surface area contributed by atoms with Crippen molar-refractivity contribution in [1.82, 2.24) is 10.6 Å². The molecule has 0 atom stereocenters. The predicted octanol–water partition coefficient (Wildman–Crippen LogP) is 2.26. The summed E-state index contributed by atoms with van der Waals surface area (Å²) in [7, 11) is 0. The number of nitrogens with one attached hydrogen (secondary N) is 2. The number of amides is 2. The molecule has 1 saturated carbocycles. The van der Waals surface area contributed by atoms with Gasteiger partial charge in [-0.2, -0.15) is 0 Å². The van der Waals surface area contributed by atoms with Crippen LogP contribution in [0.15, 0.2) is 0 Å². The number of carbonyl (C=O) groups is 2. The number of aliphatic carboxylic acids is 1. The largest absolute Gasteiger partial charge is 0.481 e. The van der Waals surface area contributed by atoms with Crippen LogP contribution in [0, 0.1) is 0 Å². The Morgan fingerprint density at radius 1 is 1.22 bits per heavy atom. The van der Waals surface area contributed by atoms with Gasteiger partial charge in [-0.05, 0) is 19.3 Å². The van der Waals surface area contributed by atoms with E-state index in [9.17, 15) is 9.59 Å². The molecule has 0 aliphatic heterocycles. The van der Waals surface area contributed by atoms with Crippen molar-refractivity contribution in [2.75, 3.05) is 6.54 Å². The van der Waals surface area contributed by atoms with Gasteiger partial charge < -0.3 is 15.7 Å². The number of carbonyl (C=O) groups excluding carboxylic acids is 1. The molecule has 1 fully saturated rings. The lowest BCUT2D eigenvalue weighted by atomic mass is 9.93. The highest BCUT2D eigenvalue weighted by molar-refractivity contribution is 5.76. The first-order valence-corrected chi connectivity index (χ1v) is 6.86. The van der Waals surface area contributed by atoms with Gasteiger partial charge in [-0.15, -0.1) is 0 Å². The van der Waals surface area contributed by atoms with Gasteiger partial charge in [-0.25, -0.2) is 4.79 Å². The highest BCUT2D eigenvalue weighted by atomic mass is 16.4. The minimum absolute atomic E-state index is 0.0232. The third kappa shape index (κ3) is 4.94. The summed E-state index contributed by atoms with van der Waals surface area (Å²) in [6.45, 7) is 2.77. The van der Waals surface area contributed by atoms with Gasteiger partial charge >= 0.3 is 12.0 Å². The van der Waals surface area contributed by atoms with Crippen LogP contribution < -0.4 is 10.6 Å².